The maximum atomic E-state index is 11.4. The number of nitrogens with zero attached hydrogens (tertiary/aromatic N) is 1. The van der Waals surface area contributed by atoms with Crippen molar-refractivity contribution in [2.75, 3.05) is 13.1 Å². The molecule has 0 aromatic carbocycles. The number of hydrogen-bond acceptors (Lipinski definition) is 3. The molecule has 2 heterocycles. The van der Waals surface area contributed by atoms with E-state index in [0.717, 1.165) is 36.4 Å². The number of carbonyl (C=O) groups is 1. The third kappa shape index (κ3) is 2.28. The first-order valence-corrected chi connectivity index (χ1v) is 6.59. The monoisotopic (exact) mass is 239 g/mol. The molecule has 1 atom stereocenters. The van der Waals surface area contributed by atoms with Gasteiger partial charge in [0.2, 0.25) is 0 Å². The quantitative estimate of drug-likeness (QED) is 0.881. The first-order chi connectivity index (χ1) is 7.70. The van der Waals surface area contributed by atoms with Crippen LogP contribution in [0.5, 0.6) is 0 Å². The molecule has 1 aliphatic heterocycles. The zero-order valence-electron chi connectivity index (χ0n) is 9.48. The van der Waals surface area contributed by atoms with Crippen molar-refractivity contribution in [3.8, 4) is 0 Å². The fourth-order valence-corrected chi connectivity index (χ4v) is 3.33. The second-order valence-electron chi connectivity index (χ2n) is 4.31. The average Bonchev–Trinajstić information content (AvgIpc) is 2.66. The molecule has 0 saturated carbocycles. The van der Waals surface area contributed by atoms with Gasteiger partial charge in [-0.3, -0.25) is 9.69 Å². The lowest BCUT2D eigenvalue weighted by molar-refractivity contribution is -0.143. The lowest BCUT2D eigenvalue weighted by Gasteiger charge is -2.31. The molecule has 0 bridgehead atoms. The predicted octanol–water partition coefficient (Wildman–Crippen LogP) is 2.67. The van der Waals surface area contributed by atoms with Crippen LogP contribution >= 0.6 is 11.3 Å². The van der Waals surface area contributed by atoms with E-state index in [-0.39, 0.29) is 0 Å². The molecule has 4 heteroatoms. The summed E-state index contributed by atoms with van der Waals surface area (Å²) in [6, 6.07) is 1.57. The summed E-state index contributed by atoms with van der Waals surface area (Å²) in [4.78, 5) is 14.5. The highest BCUT2D eigenvalue weighted by atomic mass is 32.1. The summed E-state index contributed by atoms with van der Waals surface area (Å²) in [6.45, 7) is 3.81. The van der Waals surface area contributed by atoms with E-state index in [1.807, 2.05) is 18.4 Å². The smallest absolute Gasteiger partial charge is 0.326 e. The molecular weight excluding hydrogens is 222 g/mol. The number of aryl methyl sites for hydroxylation is 1. The van der Waals surface area contributed by atoms with E-state index in [1.54, 1.807) is 11.3 Å². The Morgan fingerprint density at radius 2 is 2.12 bits per heavy atom. The standard InChI is InChI=1S/C12H17NO2S/c1-9-5-8-16-11(9)10(12(14)15)13-6-3-2-4-7-13/h5,8,10H,2-4,6-7H2,1H3,(H,14,15). The Labute approximate surface area is 99.7 Å². The second-order valence-corrected chi connectivity index (χ2v) is 5.25. The van der Waals surface area contributed by atoms with Gasteiger partial charge < -0.3 is 5.11 Å². The number of rotatable bonds is 3. The van der Waals surface area contributed by atoms with Crippen molar-refractivity contribution in [1.82, 2.24) is 4.90 Å². The molecule has 1 fully saturated rings. The maximum absolute atomic E-state index is 11.4. The SMILES string of the molecule is Cc1ccsc1C(C(=O)O)N1CCCCC1. The second kappa shape index (κ2) is 4.97. The Morgan fingerprint density at radius 3 is 2.62 bits per heavy atom. The first-order valence-electron chi connectivity index (χ1n) is 5.71. The van der Waals surface area contributed by atoms with E-state index in [1.165, 1.54) is 6.42 Å². The van der Waals surface area contributed by atoms with Crippen LogP contribution in [0.2, 0.25) is 0 Å². The molecule has 0 radical (unpaired) electrons. The number of aliphatic carboxylic acids is 1. The number of carboxylic acid groups (broad SMARTS) is 1. The summed E-state index contributed by atoms with van der Waals surface area (Å²) in [5, 5.41) is 11.4. The Morgan fingerprint density at radius 1 is 1.44 bits per heavy atom. The van der Waals surface area contributed by atoms with Crippen molar-refractivity contribution in [2.45, 2.75) is 32.2 Å². The highest BCUT2D eigenvalue weighted by molar-refractivity contribution is 7.10. The summed E-state index contributed by atoms with van der Waals surface area (Å²) >= 11 is 1.56. The number of likely N-dealkylation sites (tertiary alicyclic amines) is 1. The summed E-state index contributed by atoms with van der Waals surface area (Å²) in [6.07, 6.45) is 3.47. The summed E-state index contributed by atoms with van der Waals surface area (Å²) in [5.74, 6) is -0.715. The number of carboxylic acids is 1. The van der Waals surface area contributed by atoms with Crippen molar-refractivity contribution in [3.63, 3.8) is 0 Å². The molecule has 2 rings (SSSR count). The van der Waals surface area contributed by atoms with Gasteiger partial charge in [-0.1, -0.05) is 6.42 Å². The minimum Gasteiger partial charge on any atom is -0.480 e. The molecule has 1 aliphatic rings. The first kappa shape index (κ1) is 11.6. The van der Waals surface area contributed by atoms with Crippen LogP contribution in [0.3, 0.4) is 0 Å². The lowest BCUT2D eigenvalue weighted by atomic mass is 10.1. The van der Waals surface area contributed by atoms with E-state index in [9.17, 15) is 9.90 Å². The molecule has 0 amide bonds. The Hall–Kier alpha value is -0.870. The predicted molar refractivity (Wildman–Crippen MR) is 64.9 cm³/mol. The molecular formula is C12H17NO2S. The van der Waals surface area contributed by atoms with Gasteiger partial charge in [0.05, 0.1) is 0 Å². The fraction of sp³-hybridized carbons (Fsp3) is 0.583. The van der Waals surface area contributed by atoms with Crippen molar-refractivity contribution in [2.24, 2.45) is 0 Å². The van der Waals surface area contributed by atoms with Gasteiger partial charge >= 0.3 is 5.97 Å². The van der Waals surface area contributed by atoms with E-state index in [2.05, 4.69) is 4.90 Å². The van der Waals surface area contributed by atoms with Crippen LogP contribution in [-0.4, -0.2) is 29.1 Å². The molecule has 3 nitrogen and oxygen atoms in total. The zero-order valence-corrected chi connectivity index (χ0v) is 10.3. The van der Waals surface area contributed by atoms with Gasteiger partial charge in [0.25, 0.3) is 0 Å². The highest BCUT2D eigenvalue weighted by Crippen LogP contribution is 2.30. The summed E-state index contributed by atoms with van der Waals surface area (Å²) in [5.41, 5.74) is 1.10. The fourth-order valence-electron chi connectivity index (χ4n) is 2.28. The van der Waals surface area contributed by atoms with E-state index in [0.29, 0.717) is 0 Å². The molecule has 1 unspecified atom stereocenters. The van der Waals surface area contributed by atoms with Crippen LogP contribution in [0.4, 0.5) is 0 Å². The molecule has 0 aliphatic carbocycles. The number of hydrogen-bond donors (Lipinski definition) is 1. The van der Waals surface area contributed by atoms with Crippen LogP contribution in [0.15, 0.2) is 11.4 Å². The van der Waals surface area contributed by atoms with Gasteiger partial charge in [-0.15, -0.1) is 11.3 Å². The largest absolute Gasteiger partial charge is 0.480 e. The molecule has 0 spiro atoms. The van der Waals surface area contributed by atoms with Gasteiger partial charge in [0.15, 0.2) is 0 Å². The lowest BCUT2D eigenvalue weighted by Crippen LogP contribution is -2.37. The van der Waals surface area contributed by atoms with Gasteiger partial charge in [-0.05, 0) is 49.9 Å². The Balaban J connectivity index is 2.23. The molecule has 1 aromatic heterocycles. The molecule has 1 saturated heterocycles. The van der Waals surface area contributed by atoms with Gasteiger partial charge in [0, 0.05) is 4.88 Å². The van der Waals surface area contributed by atoms with Crippen LogP contribution in [0, 0.1) is 6.92 Å². The van der Waals surface area contributed by atoms with Crippen LogP contribution in [-0.2, 0) is 4.79 Å². The van der Waals surface area contributed by atoms with Crippen molar-refractivity contribution in [3.05, 3.63) is 21.9 Å². The molecule has 88 valence electrons. The van der Waals surface area contributed by atoms with Crippen molar-refractivity contribution < 1.29 is 9.90 Å². The van der Waals surface area contributed by atoms with Crippen LogP contribution in [0.1, 0.15) is 35.7 Å². The third-order valence-electron chi connectivity index (χ3n) is 3.14. The average molecular weight is 239 g/mol. The summed E-state index contributed by atoms with van der Waals surface area (Å²) < 4.78 is 0. The normalized spacial score (nSPS) is 19.6. The van der Waals surface area contributed by atoms with Gasteiger partial charge in [0.1, 0.15) is 6.04 Å². The van der Waals surface area contributed by atoms with E-state index in [4.69, 9.17) is 0 Å². The zero-order chi connectivity index (χ0) is 11.5. The Kier molecular flexibility index (Phi) is 3.61. The number of piperidine rings is 1. The minimum atomic E-state index is -0.715. The maximum Gasteiger partial charge on any atom is 0.326 e. The van der Waals surface area contributed by atoms with Gasteiger partial charge in [-0.2, -0.15) is 0 Å². The van der Waals surface area contributed by atoms with Crippen molar-refractivity contribution >= 4 is 17.3 Å². The van der Waals surface area contributed by atoms with Gasteiger partial charge in [-0.25, -0.2) is 0 Å². The third-order valence-corrected chi connectivity index (χ3v) is 4.21. The minimum absolute atomic E-state index is 0.430. The topological polar surface area (TPSA) is 40.5 Å². The molecule has 16 heavy (non-hydrogen) atoms. The number of thiophene rings is 1. The van der Waals surface area contributed by atoms with Crippen molar-refractivity contribution in [1.29, 1.82) is 0 Å². The molecule has 1 N–H and O–H groups in total. The van der Waals surface area contributed by atoms with Crippen LogP contribution < -0.4 is 0 Å². The van der Waals surface area contributed by atoms with E-state index >= 15 is 0 Å². The Bertz CT molecular complexity index is 369. The highest BCUT2D eigenvalue weighted by Gasteiger charge is 2.30. The molecule has 1 aromatic rings. The van der Waals surface area contributed by atoms with E-state index < -0.39 is 12.0 Å². The summed E-state index contributed by atoms with van der Waals surface area (Å²) in [7, 11) is 0. The van der Waals surface area contributed by atoms with Crippen LogP contribution in [0.25, 0.3) is 0 Å².